The summed E-state index contributed by atoms with van der Waals surface area (Å²) in [6.45, 7) is 6.23. The third-order valence-corrected chi connectivity index (χ3v) is 3.29. The highest BCUT2D eigenvalue weighted by molar-refractivity contribution is 6.06. The van der Waals surface area contributed by atoms with Crippen LogP contribution in [-0.2, 0) is 7.05 Å². The van der Waals surface area contributed by atoms with Crippen molar-refractivity contribution in [1.29, 1.82) is 0 Å². The van der Waals surface area contributed by atoms with Crippen molar-refractivity contribution in [3.05, 3.63) is 58.4 Å². The van der Waals surface area contributed by atoms with E-state index in [9.17, 15) is 4.79 Å². The molecular weight excluding hydrogens is 236 g/mol. The Hall–Kier alpha value is -2.16. The second-order valence-electron chi connectivity index (χ2n) is 4.89. The molecule has 1 heterocycles. The van der Waals surface area contributed by atoms with Crippen molar-refractivity contribution in [2.45, 2.75) is 20.8 Å². The van der Waals surface area contributed by atoms with Crippen LogP contribution in [0.3, 0.4) is 0 Å². The second kappa shape index (κ2) is 5.22. The van der Waals surface area contributed by atoms with Gasteiger partial charge in [0.15, 0.2) is 5.78 Å². The summed E-state index contributed by atoms with van der Waals surface area (Å²) in [5, 5.41) is 4.00. The molecule has 0 bridgehead atoms. The van der Waals surface area contributed by atoms with Crippen LogP contribution in [0.2, 0.25) is 0 Å². The summed E-state index contributed by atoms with van der Waals surface area (Å²) < 4.78 is 1.63. The molecule has 0 saturated heterocycles. The summed E-state index contributed by atoms with van der Waals surface area (Å²) in [7, 11) is 1.80. The van der Waals surface area contributed by atoms with Crippen LogP contribution in [0.15, 0.2) is 30.6 Å². The number of hydrogen-bond donors (Lipinski definition) is 0. The molecule has 0 amide bonds. The number of hydrogen-bond acceptors (Lipinski definition) is 2. The lowest BCUT2D eigenvalue weighted by Gasteiger charge is -2.05. The van der Waals surface area contributed by atoms with Crippen molar-refractivity contribution < 1.29 is 4.79 Å². The van der Waals surface area contributed by atoms with Crippen LogP contribution in [0.4, 0.5) is 0 Å². The zero-order valence-electron chi connectivity index (χ0n) is 11.8. The molecule has 2 rings (SSSR count). The van der Waals surface area contributed by atoms with Gasteiger partial charge in [-0.3, -0.25) is 9.48 Å². The molecule has 1 aromatic heterocycles. The maximum atomic E-state index is 12.0. The van der Waals surface area contributed by atoms with Gasteiger partial charge in [0.1, 0.15) is 0 Å². The van der Waals surface area contributed by atoms with Crippen molar-refractivity contribution in [2.24, 2.45) is 7.05 Å². The van der Waals surface area contributed by atoms with Gasteiger partial charge in [0, 0.05) is 13.2 Å². The molecular formula is C16H18N2O. The maximum Gasteiger partial charge on any atom is 0.189 e. The Morgan fingerprint density at radius 2 is 1.84 bits per heavy atom. The first kappa shape index (κ1) is 13.3. The summed E-state index contributed by atoms with van der Waals surface area (Å²) in [6.07, 6.45) is 6.78. The van der Waals surface area contributed by atoms with Crippen LogP contribution in [0.5, 0.6) is 0 Å². The highest BCUT2D eigenvalue weighted by Crippen LogP contribution is 2.17. The molecule has 0 aliphatic carbocycles. The van der Waals surface area contributed by atoms with Crippen LogP contribution in [0.1, 0.15) is 32.6 Å². The second-order valence-corrected chi connectivity index (χ2v) is 4.89. The average Bonchev–Trinajstić information content (AvgIpc) is 2.78. The van der Waals surface area contributed by atoms with E-state index >= 15 is 0 Å². The molecule has 0 aliphatic heterocycles. The Balaban J connectivity index is 2.23. The Labute approximate surface area is 113 Å². The van der Waals surface area contributed by atoms with Crippen molar-refractivity contribution in [3.8, 4) is 0 Å². The zero-order valence-corrected chi connectivity index (χ0v) is 11.8. The molecule has 0 radical (unpaired) electrons. The fourth-order valence-electron chi connectivity index (χ4n) is 1.97. The van der Waals surface area contributed by atoms with Gasteiger partial charge >= 0.3 is 0 Å². The first-order valence-electron chi connectivity index (χ1n) is 6.26. The largest absolute Gasteiger partial charge is 0.289 e. The van der Waals surface area contributed by atoms with Crippen molar-refractivity contribution in [3.63, 3.8) is 0 Å². The number of benzene rings is 1. The molecule has 0 fully saturated rings. The van der Waals surface area contributed by atoms with Gasteiger partial charge < -0.3 is 0 Å². The van der Waals surface area contributed by atoms with Crippen LogP contribution in [0.25, 0.3) is 6.08 Å². The third-order valence-electron chi connectivity index (χ3n) is 3.29. The molecule has 98 valence electrons. The van der Waals surface area contributed by atoms with Crippen molar-refractivity contribution in [2.75, 3.05) is 0 Å². The van der Waals surface area contributed by atoms with E-state index in [0.717, 1.165) is 5.56 Å². The molecule has 2 aromatic rings. The van der Waals surface area contributed by atoms with Crippen molar-refractivity contribution >= 4 is 11.9 Å². The molecule has 0 aliphatic rings. The minimum atomic E-state index is -0.0225. The van der Waals surface area contributed by atoms with Crippen LogP contribution < -0.4 is 0 Å². The Kier molecular flexibility index (Phi) is 3.65. The van der Waals surface area contributed by atoms with E-state index in [0.29, 0.717) is 5.56 Å². The van der Waals surface area contributed by atoms with E-state index in [2.05, 4.69) is 38.0 Å². The molecule has 0 atom stereocenters. The van der Waals surface area contributed by atoms with Gasteiger partial charge in [-0.1, -0.05) is 18.2 Å². The Bertz CT molecular complexity index is 651. The minimum Gasteiger partial charge on any atom is -0.289 e. The monoisotopic (exact) mass is 254 g/mol. The summed E-state index contributed by atoms with van der Waals surface area (Å²) in [5.41, 5.74) is 5.38. The van der Waals surface area contributed by atoms with Crippen molar-refractivity contribution in [1.82, 2.24) is 9.78 Å². The Morgan fingerprint density at radius 3 is 2.47 bits per heavy atom. The third kappa shape index (κ3) is 2.99. The molecule has 19 heavy (non-hydrogen) atoms. The summed E-state index contributed by atoms with van der Waals surface area (Å²) in [6, 6.07) is 4.25. The molecule has 1 aromatic carbocycles. The minimum absolute atomic E-state index is 0.0225. The number of ketones is 1. The van der Waals surface area contributed by atoms with E-state index in [1.807, 2.05) is 6.08 Å². The number of carbonyl (C=O) groups excluding carboxylic acids is 1. The number of nitrogens with zero attached hydrogens (tertiary/aromatic N) is 2. The summed E-state index contributed by atoms with van der Waals surface area (Å²) in [4.78, 5) is 12.0. The van der Waals surface area contributed by atoms with Crippen LogP contribution in [-0.4, -0.2) is 15.6 Å². The average molecular weight is 254 g/mol. The lowest BCUT2D eigenvalue weighted by molar-refractivity contribution is 0.104. The smallest absolute Gasteiger partial charge is 0.189 e. The van der Waals surface area contributed by atoms with Gasteiger partial charge in [-0.05, 0) is 49.1 Å². The molecule has 3 nitrogen and oxygen atoms in total. The van der Waals surface area contributed by atoms with Gasteiger partial charge in [0.2, 0.25) is 0 Å². The first-order valence-corrected chi connectivity index (χ1v) is 6.26. The van der Waals surface area contributed by atoms with Crippen LogP contribution in [0, 0.1) is 20.8 Å². The fourth-order valence-corrected chi connectivity index (χ4v) is 1.97. The number of aryl methyl sites for hydroxylation is 4. The van der Waals surface area contributed by atoms with Gasteiger partial charge in [0.05, 0.1) is 11.8 Å². The SMILES string of the molecule is Cc1cc(C)c(/C=C/C(=O)c2cnn(C)c2)cc1C. The zero-order chi connectivity index (χ0) is 14.0. The van der Waals surface area contributed by atoms with Crippen LogP contribution >= 0.6 is 0 Å². The highest BCUT2D eigenvalue weighted by atomic mass is 16.1. The predicted molar refractivity (Wildman–Crippen MR) is 77.2 cm³/mol. The molecule has 3 heteroatoms. The lowest BCUT2D eigenvalue weighted by Crippen LogP contribution is -1.93. The van der Waals surface area contributed by atoms with Gasteiger partial charge in [-0.25, -0.2) is 0 Å². The van der Waals surface area contributed by atoms with Gasteiger partial charge in [-0.2, -0.15) is 5.10 Å². The van der Waals surface area contributed by atoms with Gasteiger partial charge in [0.25, 0.3) is 0 Å². The molecule has 0 saturated carbocycles. The number of carbonyl (C=O) groups is 1. The summed E-state index contributed by atoms with van der Waals surface area (Å²) in [5.74, 6) is -0.0225. The molecule has 0 spiro atoms. The summed E-state index contributed by atoms with van der Waals surface area (Å²) >= 11 is 0. The molecule has 0 unspecified atom stereocenters. The fraction of sp³-hybridized carbons (Fsp3) is 0.250. The van der Waals surface area contributed by atoms with E-state index in [1.54, 1.807) is 30.2 Å². The normalized spacial score (nSPS) is 11.2. The topological polar surface area (TPSA) is 34.9 Å². The van der Waals surface area contributed by atoms with E-state index < -0.39 is 0 Å². The maximum absolute atomic E-state index is 12.0. The standard InChI is InChI=1S/C16H18N2O/c1-11-7-13(3)14(8-12(11)2)5-6-16(19)15-9-17-18(4)10-15/h5-10H,1-4H3/b6-5+. The number of rotatable bonds is 3. The quantitative estimate of drug-likeness (QED) is 0.622. The van der Waals surface area contributed by atoms with E-state index in [1.165, 1.54) is 16.7 Å². The lowest BCUT2D eigenvalue weighted by atomic mass is 10.00. The first-order chi connectivity index (χ1) is 8.97. The number of allylic oxidation sites excluding steroid dienone is 1. The van der Waals surface area contributed by atoms with E-state index in [4.69, 9.17) is 0 Å². The Morgan fingerprint density at radius 1 is 1.16 bits per heavy atom. The number of aromatic nitrogens is 2. The van der Waals surface area contributed by atoms with E-state index in [-0.39, 0.29) is 5.78 Å². The molecule has 0 N–H and O–H groups in total. The van der Waals surface area contributed by atoms with Gasteiger partial charge in [-0.15, -0.1) is 0 Å². The predicted octanol–water partition coefficient (Wildman–Crippen LogP) is 3.24. The highest BCUT2D eigenvalue weighted by Gasteiger charge is 2.04.